The Bertz CT molecular complexity index is 701. The number of carbonyl (C=O) groups is 2. The molecule has 0 spiro atoms. The van der Waals surface area contributed by atoms with Gasteiger partial charge in [-0.15, -0.1) is 0 Å². The van der Waals surface area contributed by atoms with Gasteiger partial charge in [0, 0.05) is 17.8 Å². The Morgan fingerprint density at radius 1 is 1.24 bits per heavy atom. The van der Waals surface area contributed by atoms with Gasteiger partial charge < -0.3 is 16.2 Å². The van der Waals surface area contributed by atoms with Gasteiger partial charge in [0.15, 0.2) is 0 Å². The largest absolute Gasteiger partial charge is 0.478 e. The summed E-state index contributed by atoms with van der Waals surface area (Å²) in [6.07, 6.45) is 0.497. The first-order valence-electron chi connectivity index (χ1n) is 6.11. The lowest BCUT2D eigenvalue weighted by Gasteiger charge is -2.12. The molecule has 0 radical (unpaired) electrons. The smallest absolute Gasteiger partial charge is 0.335 e. The van der Waals surface area contributed by atoms with Crippen LogP contribution in [0, 0.1) is 5.82 Å². The number of amides is 1. The average molecular weight is 288 g/mol. The molecule has 0 heterocycles. The molecule has 0 aromatic heterocycles. The van der Waals surface area contributed by atoms with Crippen molar-refractivity contribution in [1.82, 2.24) is 5.32 Å². The molecule has 21 heavy (non-hydrogen) atoms. The van der Waals surface area contributed by atoms with E-state index in [2.05, 4.69) is 5.32 Å². The Morgan fingerprint density at radius 3 is 2.57 bits per heavy atom. The minimum atomic E-state index is -1.09. The van der Waals surface area contributed by atoms with Crippen molar-refractivity contribution < 1.29 is 19.1 Å². The number of carboxylic acid groups (broad SMARTS) is 1. The van der Waals surface area contributed by atoms with Crippen LogP contribution < -0.4 is 11.1 Å². The third-order valence-electron chi connectivity index (χ3n) is 3.01. The molecule has 0 fully saturated rings. The van der Waals surface area contributed by atoms with Gasteiger partial charge in [0.1, 0.15) is 5.82 Å². The normalized spacial score (nSPS) is 10.1. The maximum absolute atomic E-state index is 14.0. The number of carbonyl (C=O) groups excluding carboxylic acids is 1. The second-order valence-electron chi connectivity index (χ2n) is 4.42. The summed E-state index contributed by atoms with van der Waals surface area (Å²) in [5.74, 6) is -1.60. The Kier molecular flexibility index (Phi) is 4.18. The van der Waals surface area contributed by atoms with Crippen molar-refractivity contribution in [3.63, 3.8) is 0 Å². The van der Waals surface area contributed by atoms with Crippen LogP contribution in [-0.2, 0) is 11.3 Å². The van der Waals surface area contributed by atoms with E-state index in [4.69, 9.17) is 10.8 Å². The summed E-state index contributed by atoms with van der Waals surface area (Å²) in [5, 5.41) is 11.5. The van der Waals surface area contributed by atoms with Crippen LogP contribution in [0.2, 0.25) is 0 Å². The van der Waals surface area contributed by atoms with Crippen molar-refractivity contribution >= 4 is 18.1 Å². The number of nitrogens with one attached hydrogen (secondary N) is 1. The van der Waals surface area contributed by atoms with Crippen molar-refractivity contribution in [3.8, 4) is 11.1 Å². The van der Waals surface area contributed by atoms with Crippen LogP contribution >= 0.6 is 0 Å². The topological polar surface area (TPSA) is 92.4 Å². The van der Waals surface area contributed by atoms with Crippen molar-refractivity contribution in [2.75, 3.05) is 5.73 Å². The molecule has 1 amide bonds. The standard InChI is InChI=1S/C15H13FN2O3/c16-14-6-11(17)2-4-13(14)12-3-1-9(15(20)21)5-10(12)7-18-8-19/h1-6,8H,7,17H2,(H,18,19)(H,20,21). The maximum Gasteiger partial charge on any atom is 0.335 e. The zero-order valence-corrected chi connectivity index (χ0v) is 11.0. The lowest BCUT2D eigenvalue weighted by Crippen LogP contribution is -2.12. The first-order valence-corrected chi connectivity index (χ1v) is 6.11. The van der Waals surface area contributed by atoms with E-state index in [9.17, 15) is 14.0 Å². The number of halogens is 1. The highest BCUT2D eigenvalue weighted by molar-refractivity contribution is 5.89. The maximum atomic E-state index is 14.0. The van der Waals surface area contributed by atoms with Gasteiger partial charge in [0.05, 0.1) is 5.56 Å². The summed E-state index contributed by atoms with van der Waals surface area (Å²) in [6, 6.07) is 8.57. The van der Waals surface area contributed by atoms with Crippen LogP contribution in [0.5, 0.6) is 0 Å². The van der Waals surface area contributed by atoms with E-state index < -0.39 is 11.8 Å². The van der Waals surface area contributed by atoms with E-state index >= 15 is 0 Å². The molecule has 5 nitrogen and oxygen atoms in total. The van der Waals surface area contributed by atoms with Gasteiger partial charge in [-0.1, -0.05) is 6.07 Å². The van der Waals surface area contributed by atoms with Crippen LogP contribution in [0.25, 0.3) is 11.1 Å². The Morgan fingerprint density at radius 2 is 1.95 bits per heavy atom. The highest BCUT2D eigenvalue weighted by Crippen LogP contribution is 2.28. The van der Waals surface area contributed by atoms with Crippen LogP contribution in [0.15, 0.2) is 36.4 Å². The van der Waals surface area contributed by atoms with E-state index in [0.717, 1.165) is 0 Å². The molecule has 0 aliphatic heterocycles. The fourth-order valence-corrected chi connectivity index (χ4v) is 2.04. The number of hydrogen-bond donors (Lipinski definition) is 3. The molecule has 0 unspecified atom stereocenters. The molecule has 0 saturated carbocycles. The summed E-state index contributed by atoms with van der Waals surface area (Å²) >= 11 is 0. The number of nitrogens with two attached hydrogens (primary N) is 1. The van der Waals surface area contributed by atoms with Crippen molar-refractivity contribution in [2.24, 2.45) is 0 Å². The van der Waals surface area contributed by atoms with Crippen molar-refractivity contribution in [2.45, 2.75) is 6.54 Å². The zero-order chi connectivity index (χ0) is 15.4. The second-order valence-corrected chi connectivity index (χ2v) is 4.42. The van der Waals surface area contributed by atoms with Gasteiger partial charge in [0.25, 0.3) is 0 Å². The number of nitrogen functional groups attached to an aromatic ring is 1. The predicted molar refractivity (Wildman–Crippen MR) is 76.1 cm³/mol. The third kappa shape index (κ3) is 3.17. The molecule has 0 atom stereocenters. The Balaban J connectivity index is 2.55. The minimum absolute atomic E-state index is 0.0669. The fourth-order valence-electron chi connectivity index (χ4n) is 2.04. The monoisotopic (exact) mass is 288 g/mol. The number of benzene rings is 2. The number of anilines is 1. The SMILES string of the molecule is Nc1ccc(-c2ccc(C(=O)O)cc2CNC=O)c(F)c1. The van der Waals surface area contributed by atoms with Crippen molar-refractivity contribution in [3.05, 3.63) is 53.3 Å². The van der Waals surface area contributed by atoms with Gasteiger partial charge in [0.2, 0.25) is 6.41 Å². The number of rotatable bonds is 5. The third-order valence-corrected chi connectivity index (χ3v) is 3.01. The van der Waals surface area contributed by atoms with E-state index in [1.807, 2.05) is 0 Å². The molecule has 2 aromatic carbocycles. The van der Waals surface area contributed by atoms with Crippen molar-refractivity contribution in [1.29, 1.82) is 0 Å². The van der Waals surface area contributed by atoms with Gasteiger partial charge in [-0.3, -0.25) is 4.79 Å². The van der Waals surface area contributed by atoms with Crippen LogP contribution in [0.1, 0.15) is 15.9 Å². The van der Waals surface area contributed by atoms with Gasteiger partial charge in [-0.25, -0.2) is 9.18 Å². The number of carboxylic acids is 1. The minimum Gasteiger partial charge on any atom is -0.478 e. The molecule has 0 aliphatic carbocycles. The van der Waals surface area contributed by atoms with E-state index in [1.165, 1.54) is 30.3 Å². The lowest BCUT2D eigenvalue weighted by atomic mass is 9.96. The lowest BCUT2D eigenvalue weighted by molar-refractivity contribution is -0.109. The molecular formula is C15H13FN2O3. The van der Waals surface area contributed by atoms with Gasteiger partial charge in [-0.2, -0.15) is 0 Å². The van der Waals surface area contributed by atoms with E-state index in [0.29, 0.717) is 28.8 Å². The second kappa shape index (κ2) is 6.04. The Hall–Kier alpha value is -2.89. The van der Waals surface area contributed by atoms with E-state index in [-0.39, 0.29) is 12.1 Å². The van der Waals surface area contributed by atoms with E-state index in [1.54, 1.807) is 6.07 Å². The van der Waals surface area contributed by atoms with Crippen LogP contribution in [-0.4, -0.2) is 17.5 Å². The first-order chi connectivity index (χ1) is 10.0. The fraction of sp³-hybridized carbons (Fsp3) is 0.0667. The predicted octanol–water partition coefficient (Wildman–Crippen LogP) is 2.02. The highest BCUT2D eigenvalue weighted by Gasteiger charge is 2.13. The highest BCUT2D eigenvalue weighted by atomic mass is 19.1. The summed E-state index contributed by atoms with van der Waals surface area (Å²) in [6.45, 7) is 0.101. The van der Waals surface area contributed by atoms with Gasteiger partial charge in [-0.05, 0) is 41.5 Å². The molecule has 0 aliphatic rings. The quantitative estimate of drug-likeness (QED) is 0.579. The number of hydrogen-bond acceptors (Lipinski definition) is 3. The zero-order valence-electron chi connectivity index (χ0n) is 11.0. The Labute approximate surface area is 120 Å². The molecule has 0 bridgehead atoms. The van der Waals surface area contributed by atoms with Crippen LogP contribution in [0.4, 0.5) is 10.1 Å². The summed E-state index contributed by atoms with van der Waals surface area (Å²) in [5.41, 5.74) is 7.18. The molecular weight excluding hydrogens is 275 g/mol. The molecule has 6 heteroatoms. The van der Waals surface area contributed by atoms with Crippen LogP contribution in [0.3, 0.4) is 0 Å². The average Bonchev–Trinajstić information content (AvgIpc) is 2.45. The molecule has 2 aromatic rings. The van der Waals surface area contributed by atoms with Gasteiger partial charge >= 0.3 is 5.97 Å². The summed E-state index contributed by atoms with van der Waals surface area (Å²) in [4.78, 5) is 21.4. The molecule has 0 saturated heterocycles. The summed E-state index contributed by atoms with van der Waals surface area (Å²) in [7, 11) is 0. The summed E-state index contributed by atoms with van der Waals surface area (Å²) < 4.78 is 14.0. The first kappa shape index (κ1) is 14.5. The number of aromatic carboxylic acids is 1. The molecule has 4 N–H and O–H groups in total. The molecule has 2 rings (SSSR count). The molecule has 108 valence electrons.